The summed E-state index contributed by atoms with van der Waals surface area (Å²) in [6.45, 7) is 4.66. The second-order valence-corrected chi connectivity index (χ2v) is 13.3. The molecule has 2 N–H and O–H groups in total. The minimum Gasteiger partial charge on any atom is -0.362 e. The van der Waals surface area contributed by atoms with Crippen LogP contribution in [0.5, 0.6) is 0 Å². The zero-order valence-corrected chi connectivity index (χ0v) is 28.8. The van der Waals surface area contributed by atoms with Gasteiger partial charge in [0.25, 0.3) is 11.8 Å². The van der Waals surface area contributed by atoms with Crippen molar-refractivity contribution in [2.24, 2.45) is 5.92 Å². The Labute approximate surface area is 289 Å². The largest absolute Gasteiger partial charge is 0.362 e. The van der Waals surface area contributed by atoms with Crippen LogP contribution in [0.3, 0.4) is 0 Å². The maximum Gasteiger partial charge on any atom is 0.255 e. The monoisotopic (exact) mass is 654 g/mol. The van der Waals surface area contributed by atoms with Gasteiger partial charge in [-0.1, -0.05) is 84.9 Å². The lowest BCUT2D eigenvalue weighted by atomic mass is 9.86. The van der Waals surface area contributed by atoms with Crippen LogP contribution in [0.25, 0.3) is 10.9 Å². The molecule has 0 spiro atoms. The molecule has 0 aliphatic heterocycles. The second kappa shape index (κ2) is 15.3. The fourth-order valence-corrected chi connectivity index (χ4v) is 6.97. The average Bonchev–Trinajstić information content (AvgIpc) is 3.14. The molecule has 4 aromatic carbocycles. The second-order valence-electron chi connectivity index (χ2n) is 13.3. The number of rotatable bonds is 11. The molecule has 0 radical (unpaired) electrons. The third kappa shape index (κ3) is 7.75. The first kappa shape index (κ1) is 33.7. The van der Waals surface area contributed by atoms with Gasteiger partial charge in [0.2, 0.25) is 5.95 Å². The molecule has 1 saturated carbocycles. The number of benzene rings is 4. The van der Waals surface area contributed by atoms with Crippen LogP contribution in [-0.2, 0) is 0 Å². The Morgan fingerprint density at radius 1 is 0.714 bits per heavy atom. The number of carbonyl (C=O) groups is 2. The smallest absolute Gasteiger partial charge is 0.255 e. The molecule has 49 heavy (non-hydrogen) atoms. The van der Waals surface area contributed by atoms with Crippen LogP contribution in [0, 0.1) is 5.92 Å². The fourth-order valence-electron chi connectivity index (χ4n) is 6.97. The lowest BCUT2D eigenvalue weighted by molar-refractivity contribution is 0.0600. The number of aromatic nitrogens is 2. The topological polar surface area (TPSA) is 90.5 Å². The molecule has 1 fully saturated rings. The van der Waals surface area contributed by atoms with Crippen LogP contribution in [0.2, 0.25) is 0 Å². The Kier molecular flexibility index (Phi) is 10.5. The van der Waals surface area contributed by atoms with Crippen molar-refractivity contribution >= 4 is 34.5 Å². The number of nitrogens with zero attached hydrogens (tertiary/aromatic N) is 4. The zero-order chi connectivity index (χ0) is 34.3. The summed E-state index contributed by atoms with van der Waals surface area (Å²) in [6.07, 6.45) is 3.88. The third-order valence-electron chi connectivity index (χ3n) is 9.77. The van der Waals surface area contributed by atoms with Gasteiger partial charge in [-0.05, 0) is 80.8 Å². The van der Waals surface area contributed by atoms with E-state index in [1.54, 1.807) is 12.1 Å². The molecule has 0 unspecified atom stereocenters. The average molecular weight is 655 g/mol. The number of nitrogens with one attached hydrogen (secondary N) is 2. The van der Waals surface area contributed by atoms with Crippen LogP contribution in [0.4, 0.5) is 11.8 Å². The number of para-hydroxylation sites is 1. The standard InChI is InChI=1S/C41H46N6O2/c1-28(31-15-7-5-8-16-31)47(29(2)32-17-9-6-10-18-32)40(49)35-20-12-11-19-34(35)39(48)42-27-30-23-25-33(26-24-30)43-41-44-37-22-14-13-21-36(37)38(45-41)46(3)4/h5-22,28-30,33H,23-27H2,1-4H3,(H,42,48)(H,43,44,45)/t28-,29-,30-,33+/m0/s1. The lowest BCUT2D eigenvalue weighted by Crippen LogP contribution is -2.38. The number of anilines is 2. The van der Waals surface area contributed by atoms with E-state index >= 15 is 0 Å². The van der Waals surface area contributed by atoms with Gasteiger partial charge in [0, 0.05) is 32.1 Å². The first-order valence-corrected chi connectivity index (χ1v) is 17.3. The molecule has 5 aromatic rings. The summed E-state index contributed by atoms with van der Waals surface area (Å²) in [5.41, 5.74) is 3.81. The van der Waals surface area contributed by atoms with Gasteiger partial charge < -0.3 is 20.4 Å². The molecule has 0 saturated heterocycles. The third-order valence-corrected chi connectivity index (χ3v) is 9.77. The summed E-state index contributed by atoms with van der Waals surface area (Å²) in [6, 6.07) is 35.2. The maximum atomic E-state index is 14.4. The van der Waals surface area contributed by atoms with Crippen LogP contribution in [-0.4, -0.2) is 53.4 Å². The number of amides is 2. The van der Waals surface area contributed by atoms with E-state index in [0.717, 1.165) is 53.5 Å². The van der Waals surface area contributed by atoms with E-state index < -0.39 is 0 Å². The molecule has 1 aliphatic carbocycles. The first-order valence-electron chi connectivity index (χ1n) is 17.3. The van der Waals surface area contributed by atoms with Crippen molar-refractivity contribution in [3.05, 3.63) is 131 Å². The predicted molar refractivity (Wildman–Crippen MR) is 198 cm³/mol. The van der Waals surface area contributed by atoms with Gasteiger partial charge >= 0.3 is 0 Å². The summed E-state index contributed by atoms with van der Waals surface area (Å²) >= 11 is 0. The van der Waals surface area contributed by atoms with Gasteiger partial charge in [0.05, 0.1) is 28.7 Å². The van der Waals surface area contributed by atoms with Crippen molar-refractivity contribution in [3.63, 3.8) is 0 Å². The summed E-state index contributed by atoms with van der Waals surface area (Å²) in [4.78, 5) is 41.7. The van der Waals surface area contributed by atoms with Gasteiger partial charge in [-0.2, -0.15) is 4.98 Å². The Balaban J connectivity index is 1.11. The quantitative estimate of drug-likeness (QED) is 0.150. The Bertz CT molecular complexity index is 1830. The maximum absolute atomic E-state index is 14.4. The lowest BCUT2D eigenvalue weighted by Gasteiger charge is -2.36. The van der Waals surface area contributed by atoms with E-state index in [-0.39, 0.29) is 29.9 Å². The van der Waals surface area contributed by atoms with Crippen molar-refractivity contribution in [2.45, 2.75) is 57.7 Å². The normalized spacial score (nSPS) is 17.1. The molecular formula is C41H46N6O2. The molecule has 1 aliphatic rings. The van der Waals surface area contributed by atoms with Gasteiger partial charge in [0.1, 0.15) is 5.82 Å². The molecule has 2 atom stereocenters. The highest BCUT2D eigenvalue weighted by molar-refractivity contribution is 6.07. The SMILES string of the molecule is C[C@@H](c1ccccc1)N(C(=O)c1ccccc1C(=O)NC[C@H]1CC[C@@H](Nc2nc(N(C)C)c3ccccc3n2)CC1)[C@@H](C)c1ccccc1. The number of fused-ring (bicyclic) bond motifs is 1. The first-order chi connectivity index (χ1) is 23.8. The minimum absolute atomic E-state index is 0.168. The highest BCUT2D eigenvalue weighted by Crippen LogP contribution is 2.33. The number of hydrogen-bond acceptors (Lipinski definition) is 6. The molecule has 0 bridgehead atoms. The zero-order valence-electron chi connectivity index (χ0n) is 28.8. The number of hydrogen-bond donors (Lipinski definition) is 2. The van der Waals surface area contributed by atoms with E-state index in [0.29, 0.717) is 29.5 Å². The van der Waals surface area contributed by atoms with Gasteiger partial charge in [-0.15, -0.1) is 0 Å². The van der Waals surface area contributed by atoms with Crippen molar-refractivity contribution in [3.8, 4) is 0 Å². The van der Waals surface area contributed by atoms with E-state index in [2.05, 4.69) is 16.7 Å². The molecule has 8 nitrogen and oxygen atoms in total. The van der Waals surface area contributed by atoms with E-state index in [1.165, 1.54) is 0 Å². The Morgan fingerprint density at radius 3 is 1.88 bits per heavy atom. The van der Waals surface area contributed by atoms with Crippen LogP contribution >= 0.6 is 0 Å². The highest BCUT2D eigenvalue weighted by atomic mass is 16.2. The van der Waals surface area contributed by atoms with Crippen molar-refractivity contribution < 1.29 is 9.59 Å². The van der Waals surface area contributed by atoms with Crippen LogP contribution < -0.4 is 15.5 Å². The molecule has 2 amide bonds. The molecule has 1 heterocycles. The highest BCUT2D eigenvalue weighted by Gasteiger charge is 2.31. The minimum atomic E-state index is -0.218. The molecule has 252 valence electrons. The van der Waals surface area contributed by atoms with Crippen LogP contribution in [0.15, 0.2) is 109 Å². The summed E-state index contributed by atoms with van der Waals surface area (Å²) in [7, 11) is 4.00. The molecule has 8 heteroatoms. The van der Waals surface area contributed by atoms with Gasteiger partial charge in [-0.3, -0.25) is 9.59 Å². The molecular weight excluding hydrogens is 608 g/mol. The number of carbonyl (C=O) groups excluding carboxylic acids is 2. The van der Waals surface area contributed by atoms with E-state index in [4.69, 9.17) is 9.97 Å². The summed E-state index contributed by atoms with van der Waals surface area (Å²) < 4.78 is 0. The Morgan fingerprint density at radius 2 is 1.27 bits per heavy atom. The molecule has 1 aromatic heterocycles. The van der Waals surface area contributed by atoms with Gasteiger partial charge in [0.15, 0.2) is 0 Å². The van der Waals surface area contributed by atoms with E-state index in [1.807, 2.05) is 129 Å². The summed E-state index contributed by atoms with van der Waals surface area (Å²) in [5, 5.41) is 7.77. The van der Waals surface area contributed by atoms with Crippen molar-refractivity contribution in [1.82, 2.24) is 20.2 Å². The van der Waals surface area contributed by atoms with Crippen molar-refractivity contribution in [1.29, 1.82) is 0 Å². The Hall–Kier alpha value is -5.24. The van der Waals surface area contributed by atoms with Crippen LogP contribution in [0.1, 0.15) is 83.5 Å². The summed E-state index contributed by atoms with van der Waals surface area (Å²) in [5.74, 6) is 1.52. The van der Waals surface area contributed by atoms with Gasteiger partial charge in [-0.25, -0.2) is 4.98 Å². The van der Waals surface area contributed by atoms with Crippen molar-refractivity contribution in [2.75, 3.05) is 30.9 Å². The molecule has 6 rings (SSSR count). The predicted octanol–water partition coefficient (Wildman–Crippen LogP) is 8.06. The fraction of sp³-hybridized carbons (Fsp3) is 0.317. The van der Waals surface area contributed by atoms with E-state index in [9.17, 15) is 9.59 Å².